The summed E-state index contributed by atoms with van der Waals surface area (Å²) in [6.07, 6.45) is 4.01. The van der Waals surface area contributed by atoms with E-state index in [1.807, 2.05) is 12.1 Å². The number of carboxylic acids is 1. The average molecular weight is 314 g/mol. The molecule has 23 heavy (non-hydrogen) atoms. The van der Waals surface area contributed by atoms with E-state index in [1.165, 1.54) is 0 Å². The summed E-state index contributed by atoms with van der Waals surface area (Å²) in [7, 11) is 0. The lowest BCUT2D eigenvalue weighted by molar-refractivity contribution is -0.142. The molecule has 2 aliphatic rings. The second-order valence-electron chi connectivity index (χ2n) is 6.40. The molecule has 1 aliphatic heterocycles. The van der Waals surface area contributed by atoms with Gasteiger partial charge in [0.2, 0.25) is 0 Å². The Kier molecular flexibility index (Phi) is 3.28. The molecule has 4 rings (SSSR count). The van der Waals surface area contributed by atoms with Gasteiger partial charge in [-0.3, -0.25) is 4.79 Å². The van der Waals surface area contributed by atoms with Crippen LogP contribution in [0.5, 0.6) is 0 Å². The lowest BCUT2D eigenvalue weighted by Gasteiger charge is -2.17. The standard InChI is InChI=1S/C16H18N4O3/c1-9-18-15(23-19-9)11-4-5-14(17-6-11)20-7-12(10-2-3-10)13(8-20)16(21)22/h4-6,10,12-13H,2-3,7-8H2,1H3,(H,21,22)/t12-,13+/m1/s1. The van der Waals surface area contributed by atoms with E-state index in [2.05, 4.69) is 20.0 Å². The minimum absolute atomic E-state index is 0.243. The first kappa shape index (κ1) is 14.2. The summed E-state index contributed by atoms with van der Waals surface area (Å²) >= 11 is 0. The highest BCUT2D eigenvalue weighted by atomic mass is 16.5. The van der Waals surface area contributed by atoms with Crippen LogP contribution in [0.2, 0.25) is 0 Å². The summed E-state index contributed by atoms with van der Waals surface area (Å²) in [5.74, 6) is 1.67. The first-order chi connectivity index (χ1) is 11.1. The van der Waals surface area contributed by atoms with Gasteiger partial charge in [0.05, 0.1) is 11.5 Å². The number of aliphatic carboxylic acids is 1. The highest BCUT2D eigenvalue weighted by Gasteiger charge is 2.45. The summed E-state index contributed by atoms with van der Waals surface area (Å²) in [4.78, 5) is 22.2. The molecule has 7 nitrogen and oxygen atoms in total. The van der Waals surface area contributed by atoms with Crippen LogP contribution in [-0.2, 0) is 4.79 Å². The summed E-state index contributed by atoms with van der Waals surface area (Å²) in [6, 6.07) is 3.78. The van der Waals surface area contributed by atoms with Crippen molar-refractivity contribution in [1.29, 1.82) is 0 Å². The lowest BCUT2D eigenvalue weighted by Crippen LogP contribution is -2.24. The Balaban J connectivity index is 1.53. The van der Waals surface area contributed by atoms with Gasteiger partial charge in [0, 0.05) is 19.3 Å². The number of nitrogens with zero attached hydrogens (tertiary/aromatic N) is 4. The summed E-state index contributed by atoms with van der Waals surface area (Å²) < 4.78 is 5.13. The minimum Gasteiger partial charge on any atom is -0.481 e. The number of carbonyl (C=O) groups is 1. The van der Waals surface area contributed by atoms with Gasteiger partial charge in [0.15, 0.2) is 5.82 Å². The van der Waals surface area contributed by atoms with Crippen LogP contribution in [0.15, 0.2) is 22.9 Å². The Hall–Kier alpha value is -2.44. The number of pyridine rings is 1. The van der Waals surface area contributed by atoms with Crippen LogP contribution < -0.4 is 4.90 Å². The zero-order valence-corrected chi connectivity index (χ0v) is 12.8. The third-order valence-electron chi connectivity index (χ3n) is 4.76. The Morgan fingerprint density at radius 2 is 2.17 bits per heavy atom. The van der Waals surface area contributed by atoms with Crippen molar-refractivity contribution >= 4 is 11.8 Å². The van der Waals surface area contributed by atoms with Crippen LogP contribution >= 0.6 is 0 Å². The van der Waals surface area contributed by atoms with Gasteiger partial charge in [-0.1, -0.05) is 5.16 Å². The Labute approximate surface area is 133 Å². The van der Waals surface area contributed by atoms with Gasteiger partial charge in [-0.15, -0.1) is 0 Å². The van der Waals surface area contributed by atoms with Crippen molar-refractivity contribution in [3.8, 4) is 11.5 Å². The molecule has 1 N–H and O–H groups in total. The van der Waals surface area contributed by atoms with Crippen molar-refractivity contribution in [2.24, 2.45) is 17.8 Å². The first-order valence-corrected chi connectivity index (χ1v) is 7.86. The van der Waals surface area contributed by atoms with Gasteiger partial charge in [-0.05, 0) is 43.7 Å². The number of rotatable bonds is 4. The number of hydrogen-bond donors (Lipinski definition) is 1. The minimum atomic E-state index is -0.692. The zero-order chi connectivity index (χ0) is 16.0. The molecule has 0 radical (unpaired) electrons. The van der Waals surface area contributed by atoms with Gasteiger partial charge >= 0.3 is 5.97 Å². The summed E-state index contributed by atoms with van der Waals surface area (Å²) in [6.45, 7) is 3.07. The molecular weight excluding hydrogens is 296 g/mol. The summed E-state index contributed by atoms with van der Waals surface area (Å²) in [5.41, 5.74) is 0.766. The molecule has 2 aromatic heterocycles. The lowest BCUT2D eigenvalue weighted by atomic mass is 9.92. The Morgan fingerprint density at radius 3 is 2.74 bits per heavy atom. The Morgan fingerprint density at radius 1 is 1.35 bits per heavy atom. The normalized spacial score (nSPS) is 24.1. The van der Waals surface area contributed by atoms with Crippen molar-refractivity contribution in [1.82, 2.24) is 15.1 Å². The van der Waals surface area contributed by atoms with Crippen LogP contribution in [-0.4, -0.2) is 39.3 Å². The van der Waals surface area contributed by atoms with Crippen LogP contribution in [0.4, 0.5) is 5.82 Å². The summed E-state index contributed by atoms with van der Waals surface area (Å²) in [5, 5.41) is 13.2. The number of aryl methyl sites for hydroxylation is 1. The second kappa shape index (κ2) is 5.33. The van der Waals surface area contributed by atoms with Gasteiger partial charge in [-0.25, -0.2) is 4.98 Å². The van der Waals surface area contributed by atoms with Crippen LogP contribution in [0.3, 0.4) is 0 Å². The molecule has 1 saturated carbocycles. The average Bonchev–Trinajstić information content (AvgIpc) is 3.14. The van der Waals surface area contributed by atoms with E-state index in [1.54, 1.807) is 13.1 Å². The molecular formula is C16H18N4O3. The molecule has 0 aromatic carbocycles. The van der Waals surface area contributed by atoms with Crippen molar-refractivity contribution in [2.45, 2.75) is 19.8 Å². The maximum Gasteiger partial charge on any atom is 0.308 e. The topological polar surface area (TPSA) is 92.4 Å². The molecule has 2 aromatic rings. The molecule has 0 bridgehead atoms. The number of aromatic nitrogens is 3. The van der Waals surface area contributed by atoms with Crippen LogP contribution in [0.1, 0.15) is 18.7 Å². The quantitative estimate of drug-likeness (QED) is 0.922. The maximum absolute atomic E-state index is 11.5. The van der Waals surface area contributed by atoms with E-state index in [9.17, 15) is 9.90 Å². The van der Waals surface area contributed by atoms with E-state index in [0.29, 0.717) is 24.2 Å². The van der Waals surface area contributed by atoms with E-state index in [4.69, 9.17) is 4.52 Å². The predicted molar refractivity (Wildman–Crippen MR) is 81.8 cm³/mol. The van der Waals surface area contributed by atoms with Crippen molar-refractivity contribution < 1.29 is 14.4 Å². The zero-order valence-electron chi connectivity index (χ0n) is 12.8. The second-order valence-corrected chi connectivity index (χ2v) is 6.40. The van der Waals surface area contributed by atoms with E-state index < -0.39 is 5.97 Å². The van der Waals surface area contributed by atoms with Gasteiger partial charge < -0.3 is 14.5 Å². The highest BCUT2D eigenvalue weighted by Crippen LogP contribution is 2.44. The predicted octanol–water partition coefficient (Wildman–Crippen LogP) is 1.99. The molecule has 7 heteroatoms. The smallest absolute Gasteiger partial charge is 0.308 e. The van der Waals surface area contributed by atoms with Gasteiger partial charge in [-0.2, -0.15) is 4.98 Å². The molecule has 0 unspecified atom stereocenters. The molecule has 2 atom stereocenters. The molecule has 120 valence electrons. The van der Waals surface area contributed by atoms with Crippen molar-refractivity contribution in [3.63, 3.8) is 0 Å². The van der Waals surface area contributed by atoms with E-state index in [-0.39, 0.29) is 11.8 Å². The monoisotopic (exact) mass is 314 g/mol. The number of hydrogen-bond acceptors (Lipinski definition) is 6. The third-order valence-corrected chi connectivity index (χ3v) is 4.76. The number of carboxylic acid groups (broad SMARTS) is 1. The molecule has 2 fully saturated rings. The number of anilines is 1. The van der Waals surface area contributed by atoms with E-state index >= 15 is 0 Å². The van der Waals surface area contributed by atoms with E-state index in [0.717, 1.165) is 30.8 Å². The molecule has 3 heterocycles. The first-order valence-electron chi connectivity index (χ1n) is 7.86. The molecule has 0 amide bonds. The fourth-order valence-electron chi connectivity index (χ4n) is 3.39. The third kappa shape index (κ3) is 2.67. The maximum atomic E-state index is 11.5. The molecule has 1 saturated heterocycles. The SMILES string of the molecule is Cc1noc(-c2ccc(N3C[C@H](C(=O)O)[C@@H](C4CC4)C3)nc2)n1. The largest absolute Gasteiger partial charge is 0.481 e. The van der Waals surface area contributed by atoms with Gasteiger partial charge in [0.1, 0.15) is 5.82 Å². The van der Waals surface area contributed by atoms with Gasteiger partial charge in [0.25, 0.3) is 5.89 Å². The highest BCUT2D eigenvalue weighted by molar-refractivity contribution is 5.72. The van der Waals surface area contributed by atoms with Crippen LogP contribution in [0.25, 0.3) is 11.5 Å². The van der Waals surface area contributed by atoms with Crippen molar-refractivity contribution in [2.75, 3.05) is 18.0 Å². The van der Waals surface area contributed by atoms with Crippen LogP contribution in [0, 0.1) is 24.7 Å². The van der Waals surface area contributed by atoms with Crippen molar-refractivity contribution in [3.05, 3.63) is 24.2 Å². The fourth-order valence-corrected chi connectivity index (χ4v) is 3.39. The fraction of sp³-hybridized carbons (Fsp3) is 0.500. The molecule has 1 aliphatic carbocycles. The molecule has 0 spiro atoms. The Bertz CT molecular complexity index is 723.